The Bertz CT molecular complexity index is 617. The van der Waals surface area contributed by atoms with E-state index in [4.69, 9.17) is 0 Å². The molecule has 0 bridgehead atoms. The monoisotopic (exact) mass is 314 g/mol. The van der Waals surface area contributed by atoms with E-state index in [1.165, 1.54) is 62.3 Å². The van der Waals surface area contributed by atoms with Crippen LogP contribution in [-0.2, 0) is 0 Å². The molecule has 1 aliphatic rings. The van der Waals surface area contributed by atoms with E-state index < -0.39 is 11.6 Å². The SMILES string of the molecule is CCCC1CCC(c2ccc(-c3c(F)cccc3F)cc2)CC1. The summed E-state index contributed by atoms with van der Waals surface area (Å²) in [5.74, 6) is 0.487. The lowest BCUT2D eigenvalue weighted by atomic mass is 9.77. The molecule has 0 amide bonds. The molecular formula is C21H24F2. The second kappa shape index (κ2) is 7.25. The highest BCUT2D eigenvalue weighted by Crippen LogP contribution is 2.38. The molecule has 0 aliphatic heterocycles. The van der Waals surface area contributed by atoms with Gasteiger partial charge in [-0.1, -0.05) is 50.1 Å². The van der Waals surface area contributed by atoms with Crippen molar-refractivity contribution in [2.75, 3.05) is 0 Å². The lowest BCUT2D eigenvalue weighted by molar-refractivity contribution is 0.308. The van der Waals surface area contributed by atoms with Crippen LogP contribution in [0.1, 0.15) is 56.9 Å². The fraction of sp³-hybridized carbons (Fsp3) is 0.429. The number of benzene rings is 2. The zero-order chi connectivity index (χ0) is 16.2. The molecule has 23 heavy (non-hydrogen) atoms. The first-order chi connectivity index (χ1) is 11.2. The summed E-state index contributed by atoms with van der Waals surface area (Å²) in [5, 5.41) is 0. The van der Waals surface area contributed by atoms with Gasteiger partial charge in [0.1, 0.15) is 11.6 Å². The molecule has 0 heterocycles. The quantitative estimate of drug-likeness (QED) is 0.588. The molecular weight excluding hydrogens is 290 g/mol. The molecule has 0 spiro atoms. The van der Waals surface area contributed by atoms with Gasteiger partial charge in [0.25, 0.3) is 0 Å². The van der Waals surface area contributed by atoms with Crippen LogP contribution in [0.15, 0.2) is 42.5 Å². The number of halogens is 2. The van der Waals surface area contributed by atoms with Crippen LogP contribution in [0.2, 0.25) is 0 Å². The van der Waals surface area contributed by atoms with Crippen LogP contribution in [0.3, 0.4) is 0 Å². The molecule has 0 atom stereocenters. The molecule has 0 aromatic heterocycles. The summed E-state index contributed by atoms with van der Waals surface area (Å²) in [6.45, 7) is 2.26. The second-order valence-electron chi connectivity index (χ2n) is 6.72. The van der Waals surface area contributed by atoms with E-state index in [0.29, 0.717) is 11.5 Å². The molecule has 0 unspecified atom stereocenters. The third-order valence-corrected chi connectivity index (χ3v) is 5.18. The minimum absolute atomic E-state index is 0.0747. The van der Waals surface area contributed by atoms with Gasteiger partial charge in [-0.2, -0.15) is 0 Å². The lowest BCUT2D eigenvalue weighted by Gasteiger charge is -2.28. The number of hydrogen-bond donors (Lipinski definition) is 0. The number of rotatable bonds is 4. The Balaban J connectivity index is 1.73. The first-order valence-corrected chi connectivity index (χ1v) is 8.73. The van der Waals surface area contributed by atoms with E-state index in [0.717, 1.165) is 5.92 Å². The average molecular weight is 314 g/mol. The van der Waals surface area contributed by atoms with E-state index >= 15 is 0 Å². The summed E-state index contributed by atoms with van der Waals surface area (Å²) >= 11 is 0. The molecule has 2 aromatic rings. The zero-order valence-corrected chi connectivity index (χ0v) is 13.7. The Hall–Kier alpha value is -1.70. The van der Waals surface area contributed by atoms with Gasteiger partial charge in [-0.15, -0.1) is 0 Å². The van der Waals surface area contributed by atoms with E-state index in [2.05, 4.69) is 6.92 Å². The molecule has 0 saturated heterocycles. The standard InChI is InChI=1S/C21H24F2/c1-2-4-15-7-9-16(10-8-15)17-11-13-18(14-12-17)21-19(22)5-3-6-20(21)23/h3,5-6,11-16H,2,4,7-10H2,1H3. The summed E-state index contributed by atoms with van der Waals surface area (Å²) in [7, 11) is 0. The highest BCUT2D eigenvalue weighted by atomic mass is 19.1. The van der Waals surface area contributed by atoms with Crippen LogP contribution in [-0.4, -0.2) is 0 Å². The summed E-state index contributed by atoms with van der Waals surface area (Å²) in [5.41, 5.74) is 2.00. The van der Waals surface area contributed by atoms with Crippen molar-refractivity contribution in [1.29, 1.82) is 0 Å². The van der Waals surface area contributed by atoms with E-state index in [-0.39, 0.29) is 5.56 Å². The first-order valence-electron chi connectivity index (χ1n) is 8.73. The highest BCUT2D eigenvalue weighted by molar-refractivity contribution is 5.65. The molecule has 0 N–H and O–H groups in total. The average Bonchev–Trinajstić information content (AvgIpc) is 2.56. The maximum absolute atomic E-state index is 13.9. The second-order valence-corrected chi connectivity index (χ2v) is 6.72. The Morgan fingerprint density at radius 1 is 0.870 bits per heavy atom. The van der Waals surface area contributed by atoms with Gasteiger partial charge in [-0.25, -0.2) is 8.78 Å². The van der Waals surface area contributed by atoms with Gasteiger partial charge in [-0.05, 0) is 60.8 Å². The van der Waals surface area contributed by atoms with Crippen molar-refractivity contribution in [1.82, 2.24) is 0 Å². The van der Waals surface area contributed by atoms with Crippen molar-refractivity contribution in [2.45, 2.75) is 51.4 Å². The van der Waals surface area contributed by atoms with Crippen LogP contribution in [0.25, 0.3) is 11.1 Å². The van der Waals surface area contributed by atoms with Crippen LogP contribution < -0.4 is 0 Å². The summed E-state index contributed by atoms with van der Waals surface area (Å²) < 4.78 is 27.7. The molecule has 3 rings (SSSR count). The normalized spacial score (nSPS) is 21.3. The molecule has 1 saturated carbocycles. The predicted molar refractivity (Wildman–Crippen MR) is 91.4 cm³/mol. The molecule has 122 valence electrons. The van der Waals surface area contributed by atoms with E-state index in [9.17, 15) is 8.78 Å². The smallest absolute Gasteiger partial charge is 0.133 e. The minimum atomic E-state index is -0.502. The van der Waals surface area contributed by atoms with E-state index in [1.807, 2.05) is 24.3 Å². The topological polar surface area (TPSA) is 0 Å². The Morgan fingerprint density at radius 2 is 1.48 bits per heavy atom. The maximum Gasteiger partial charge on any atom is 0.133 e. The van der Waals surface area contributed by atoms with Crippen LogP contribution >= 0.6 is 0 Å². The zero-order valence-electron chi connectivity index (χ0n) is 13.7. The Morgan fingerprint density at radius 3 is 2.04 bits per heavy atom. The van der Waals surface area contributed by atoms with Crippen LogP contribution in [0, 0.1) is 17.6 Å². The van der Waals surface area contributed by atoms with Crippen molar-refractivity contribution in [3.05, 3.63) is 59.7 Å². The Labute approximate surface area is 137 Å². The van der Waals surface area contributed by atoms with Crippen LogP contribution in [0.4, 0.5) is 8.78 Å². The van der Waals surface area contributed by atoms with Gasteiger partial charge in [0.05, 0.1) is 5.56 Å². The maximum atomic E-state index is 13.9. The van der Waals surface area contributed by atoms with Crippen molar-refractivity contribution < 1.29 is 8.78 Å². The van der Waals surface area contributed by atoms with Crippen LogP contribution in [0.5, 0.6) is 0 Å². The van der Waals surface area contributed by atoms with Gasteiger partial charge < -0.3 is 0 Å². The van der Waals surface area contributed by atoms with Crippen molar-refractivity contribution >= 4 is 0 Å². The molecule has 0 radical (unpaired) electrons. The van der Waals surface area contributed by atoms with Crippen molar-refractivity contribution in [2.24, 2.45) is 5.92 Å². The predicted octanol–water partition coefficient (Wildman–Crippen LogP) is 6.71. The van der Waals surface area contributed by atoms with Gasteiger partial charge in [0, 0.05) is 0 Å². The van der Waals surface area contributed by atoms with Crippen molar-refractivity contribution in [3.8, 4) is 11.1 Å². The summed E-state index contributed by atoms with van der Waals surface area (Å²) in [6.07, 6.45) is 7.71. The van der Waals surface area contributed by atoms with E-state index in [1.54, 1.807) is 0 Å². The van der Waals surface area contributed by atoms with Gasteiger partial charge in [0.15, 0.2) is 0 Å². The third kappa shape index (κ3) is 3.63. The number of hydrogen-bond acceptors (Lipinski definition) is 0. The molecule has 2 aromatic carbocycles. The molecule has 2 heteroatoms. The van der Waals surface area contributed by atoms with Gasteiger partial charge in [-0.3, -0.25) is 0 Å². The summed E-state index contributed by atoms with van der Waals surface area (Å²) in [6, 6.07) is 11.8. The molecule has 0 nitrogen and oxygen atoms in total. The largest absolute Gasteiger partial charge is 0.206 e. The fourth-order valence-corrected chi connectivity index (χ4v) is 3.89. The minimum Gasteiger partial charge on any atom is -0.206 e. The van der Waals surface area contributed by atoms with Gasteiger partial charge in [0.2, 0.25) is 0 Å². The Kier molecular flexibility index (Phi) is 5.09. The van der Waals surface area contributed by atoms with Gasteiger partial charge >= 0.3 is 0 Å². The molecule has 1 aliphatic carbocycles. The molecule has 1 fully saturated rings. The van der Waals surface area contributed by atoms with Crippen molar-refractivity contribution in [3.63, 3.8) is 0 Å². The summed E-state index contributed by atoms with van der Waals surface area (Å²) in [4.78, 5) is 0. The first kappa shape index (κ1) is 16.2. The fourth-order valence-electron chi connectivity index (χ4n) is 3.89. The third-order valence-electron chi connectivity index (χ3n) is 5.18. The highest BCUT2D eigenvalue weighted by Gasteiger charge is 2.22. The lowest BCUT2D eigenvalue weighted by Crippen LogP contribution is -2.13.